The van der Waals surface area contributed by atoms with E-state index < -0.39 is 0 Å². The fraction of sp³-hybridized carbons (Fsp3) is 0.667. The highest BCUT2D eigenvalue weighted by molar-refractivity contribution is 6.30. The van der Waals surface area contributed by atoms with Gasteiger partial charge in [-0.2, -0.15) is 0 Å². The van der Waals surface area contributed by atoms with Crippen molar-refractivity contribution in [3.05, 3.63) is 29.3 Å². The van der Waals surface area contributed by atoms with Crippen LogP contribution in [0.1, 0.15) is 44.9 Å². The van der Waals surface area contributed by atoms with E-state index in [1.165, 1.54) is 19.3 Å². The van der Waals surface area contributed by atoms with E-state index in [0.717, 1.165) is 51.9 Å². The van der Waals surface area contributed by atoms with Crippen molar-refractivity contribution >= 4 is 23.4 Å². The van der Waals surface area contributed by atoms with Crippen LogP contribution < -0.4 is 4.74 Å². The van der Waals surface area contributed by atoms with Gasteiger partial charge in [-0.15, -0.1) is 0 Å². The fourth-order valence-corrected chi connectivity index (χ4v) is 5.37. The molecule has 4 rings (SSSR count). The third kappa shape index (κ3) is 5.72. The minimum atomic E-state index is -0.0110. The van der Waals surface area contributed by atoms with Gasteiger partial charge in [0.15, 0.2) is 6.61 Å². The van der Waals surface area contributed by atoms with Gasteiger partial charge in [0.2, 0.25) is 5.91 Å². The smallest absolute Gasteiger partial charge is 0.260 e. The first-order valence-electron chi connectivity index (χ1n) is 11.8. The number of carbonyl (C=O) groups is 2. The van der Waals surface area contributed by atoms with Crippen molar-refractivity contribution in [2.24, 2.45) is 5.92 Å². The van der Waals surface area contributed by atoms with E-state index in [1.54, 1.807) is 24.3 Å². The van der Waals surface area contributed by atoms with Crippen LogP contribution in [0.15, 0.2) is 24.3 Å². The number of piperazine rings is 1. The number of likely N-dealkylation sites (tertiary alicyclic amines) is 1. The van der Waals surface area contributed by atoms with Crippen molar-refractivity contribution in [1.82, 2.24) is 14.7 Å². The van der Waals surface area contributed by atoms with Crippen LogP contribution in [-0.4, -0.2) is 78.4 Å². The molecule has 31 heavy (non-hydrogen) atoms. The summed E-state index contributed by atoms with van der Waals surface area (Å²) < 4.78 is 5.62. The number of carbonyl (C=O) groups excluding carboxylic acids is 2. The zero-order chi connectivity index (χ0) is 21.6. The van der Waals surface area contributed by atoms with E-state index in [4.69, 9.17) is 16.3 Å². The standard InChI is InChI=1S/C24H34ClN3O3/c25-20-8-10-21(11-9-20)31-18-22(29)26-14-16-27(17-15-26)23(19-6-2-3-7-19)24(30)28-12-4-1-5-13-28/h8-11,19,23H,1-7,12-18H2. The Morgan fingerprint density at radius 1 is 0.871 bits per heavy atom. The lowest BCUT2D eigenvalue weighted by atomic mass is 9.93. The molecule has 2 heterocycles. The number of piperidine rings is 1. The number of amides is 2. The molecule has 2 saturated heterocycles. The van der Waals surface area contributed by atoms with E-state index in [-0.39, 0.29) is 18.6 Å². The number of hydrogen-bond acceptors (Lipinski definition) is 4. The SMILES string of the molecule is O=C(COc1ccc(Cl)cc1)N1CCN(C(C(=O)N2CCCCC2)C2CCCC2)CC1. The van der Waals surface area contributed by atoms with Crippen molar-refractivity contribution in [2.45, 2.75) is 51.0 Å². The van der Waals surface area contributed by atoms with E-state index in [1.807, 2.05) is 4.90 Å². The van der Waals surface area contributed by atoms with Crippen molar-refractivity contribution in [2.75, 3.05) is 45.9 Å². The number of rotatable bonds is 6. The summed E-state index contributed by atoms with van der Waals surface area (Å²) in [6.45, 7) is 4.66. The maximum Gasteiger partial charge on any atom is 0.260 e. The van der Waals surface area contributed by atoms with Gasteiger partial charge in [0.05, 0.1) is 6.04 Å². The zero-order valence-electron chi connectivity index (χ0n) is 18.3. The Hall–Kier alpha value is -1.79. The van der Waals surface area contributed by atoms with E-state index in [9.17, 15) is 9.59 Å². The van der Waals surface area contributed by atoms with Crippen LogP contribution in [0.25, 0.3) is 0 Å². The molecule has 1 saturated carbocycles. The number of benzene rings is 1. The van der Waals surface area contributed by atoms with Gasteiger partial charge in [-0.1, -0.05) is 24.4 Å². The van der Waals surface area contributed by atoms with E-state index in [0.29, 0.717) is 35.7 Å². The van der Waals surface area contributed by atoms with Crippen LogP contribution in [0.3, 0.4) is 0 Å². The molecule has 0 radical (unpaired) electrons. The molecule has 1 aromatic rings. The minimum absolute atomic E-state index is 0.00521. The highest BCUT2D eigenvalue weighted by atomic mass is 35.5. The predicted octanol–water partition coefficient (Wildman–Crippen LogP) is 3.43. The molecule has 3 fully saturated rings. The third-order valence-electron chi connectivity index (χ3n) is 7.00. The summed E-state index contributed by atoms with van der Waals surface area (Å²) >= 11 is 5.89. The molecule has 0 N–H and O–H groups in total. The van der Waals surface area contributed by atoms with Crippen molar-refractivity contribution in [3.8, 4) is 5.75 Å². The molecule has 1 unspecified atom stereocenters. The molecular formula is C24H34ClN3O3. The van der Waals surface area contributed by atoms with Crippen LogP contribution in [-0.2, 0) is 9.59 Å². The predicted molar refractivity (Wildman–Crippen MR) is 121 cm³/mol. The molecule has 0 bridgehead atoms. The molecule has 1 atom stereocenters. The summed E-state index contributed by atoms with van der Waals surface area (Å²) in [6.07, 6.45) is 8.25. The topological polar surface area (TPSA) is 53.1 Å². The molecule has 6 nitrogen and oxygen atoms in total. The highest BCUT2D eigenvalue weighted by Gasteiger charge is 2.39. The fourth-order valence-electron chi connectivity index (χ4n) is 5.25. The summed E-state index contributed by atoms with van der Waals surface area (Å²) in [5.41, 5.74) is 0. The Kier molecular flexibility index (Phi) is 7.72. The number of ether oxygens (including phenoxy) is 1. The summed E-state index contributed by atoms with van der Waals surface area (Å²) in [7, 11) is 0. The summed E-state index contributed by atoms with van der Waals surface area (Å²) in [6, 6.07) is 7.03. The normalized spacial score (nSPS) is 21.8. The molecule has 2 aliphatic heterocycles. The lowest BCUT2D eigenvalue weighted by Gasteiger charge is -2.43. The minimum Gasteiger partial charge on any atom is -0.484 e. The van der Waals surface area contributed by atoms with Gasteiger partial charge in [-0.3, -0.25) is 14.5 Å². The monoisotopic (exact) mass is 447 g/mol. The van der Waals surface area contributed by atoms with Crippen LogP contribution in [0.4, 0.5) is 0 Å². The number of hydrogen-bond donors (Lipinski definition) is 0. The molecule has 1 aromatic carbocycles. The van der Waals surface area contributed by atoms with Gasteiger partial charge in [0.1, 0.15) is 5.75 Å². The summed E-state index contributed by atoms with van der Waals surface area (Å²) in [5, 5.41) is 0.644. The van der Waals surface area contributed by atoms with Gasteiger partial charge < -0.3 is 14.5 Å². The molecule has 170 valence electrons. The third-order valence-corrected chi connectivity index (χ3v) is 7.26. The molecule has 0 spiro atoms. The maximum absolute atomic E-state index is 13.5. The van der Waals surface area contributed by atoms with Gasteiger partial charge in [0.25, 0.3) is 5.91 Å². The van der Waals surface area contributed by atoms with E-state index >= 15 is 0 Å². The maximum atomic E-state index is 13.5. The molecule has 1 aliphatic carbocycles. The van der Waals surface area contributed by atoms with E-state index in [2.05, 4.69) is 9.80 Å². The van der Waals surface area contributed by atoms with Crippen LogP contribution in [0.2, 0.25) is 5.02 Å². The van der Waals surface area contributed by atoms with Crippen LogP contribution >= 0.6 is 11.6 Å². The van der Waals surface area contributed by atoms with Crippen molar-refractivity contribution in [1.29, 1.82) is 0 Å². The number of halogens is 1. The van der Waals surface area contributed by atoms with Gasteiger partial charge in [-0.25, -0.2) is 0 Å². The molecule has 0 aromatic heterocycles. The largest absolute Gasteiger partial charge is 0.484 e. The Bertz CT molecular complexity index is 737. The van der Waals surface area contributed by atoms with Crippen molar-refractivity contribution in [3.63, 3.8) is 0 Å². The van der Waals surface area contributed by atoms with Crippen molar-refractivity contribution < 1.29 is 14.3 Å². The number of nitrogens with zero attached hydrogens (tertiary/aromatic N) is 3. The first-order chi connectivity index (χ1) is 15.1. The zero-order valence-corrected chi connectivity index (χ0v) is 19.1. The molecule has 3 aliphatic rings. The lowest BCUT2D eigenvalue weighted by molar-refractivity contribution is -0.142. The van der Waals surface area contributed by atoms with Crippen LogP contribution in [0.5, 0.6) is 5.75 Å². The first-order valence-corrected chi connectivity index (χ1v) is 12.2. The highest BCUT2D eigenvalue weighted by Crippen LogP contribution is 2.32. The molecule has 2 amide bonds. The Morgan fingerprint density at radius 2 is 1.52 bits per heavy atom. The van der Waals surface area contributed by atoms with Gasteiger partial charge in [0, 0.05) is 44.3 Å². The first kappa shape index (κ1) is 22.4. The molecule has 7 heteroatoms. The Balaban J connectivity index is 1.31. The Labute approximate surface area is 190 Å². The molecular weight excluding hydrogens is 414 g/mol. The van der Waals surface area contributed by atoms with Gasteiger partial charge >= 0.3 is 0 Å². The Morgan fingerprint density at radius 3 is 2.16 bits per heavy atom. The van der Waals surface area contributed by atoms with Crippen LogP contribution in [0, 0.1) is 5.92 Å². The summed E-state index contributed by atoms with van der Waals surface area (Å²) in [5.74, 6) is 1.43. The second-order valence-corrected chi connectivity index (χ2v) is 9.47. The lowest BCUT2D eigenvalue weighted by Crippen LogP contribution is -2.59. The average Bonchev–Trinajstić information content (AvgIpc) is 3.34. The summed E-state index contributed by atoms with van der Waals surface area (Å²) in [4.78, 5) is 32.4. The quantitative estimate of drug-likeness (QED) is 0.670. The average molecular weight is 448 g/mol. The second-order valence-electron chi connectivity index (χ2n) is 9.03. The van der Waals surface area contributed by atoms with Gasteiger partial charge in [-0.05, 0) is 62.3 Å². The second kappa shape index (κ2) is 10.7.